The molecular weight excluding hydrogens is 400 g/mol. The number of thioether (sulfide) groups is 1. The molecule has 0 bridgehead atoms. The molecule has 9 heteroatoms. The largest absolute Gasteiger partial charge is 0.341 e. The molecule has 2 N–H and O–H groups in total. The van der Waals surface area contributed by atoms with E-state index in [1.54, 1.807) is 0 Å². The maximum atomic E-state index is 12.6. The summed E-state index contributed by atoms with van der Waals surface area (Å²) in [6.07, 6.45) is 10.1. The number of hydrogen-bond donors (Lipinski definition) is 2. The zero-order valence-corrected chi connectivity index (χ0v) is 18.9. The second-order valence-corrected chi connectivity index (χ2v) is 10.4. The quantitative estimate of drug-likeness (QED) is 0.666. The van der Waals surface area contributed by atoms with Crippen molar-refractivity contribution in [3.63, 3.8) is 0 Å². The van der Waals surface area contributed by atoms with Gasteiger partial charge in [-0.2, -0.15) is 0 Å². The van der Waals surface area contributed by atoms with Gasteiger partial charge in [0.15, 0.2) is 5.16 Å². The fraction of sp³-hybridized carbons (Fsp3) is 0.810. The molecule has 1 saturated heterocycles. The molecule has 166 valence electrons. The summed E-state index contributed by atoms with van der Waals surface area (Å²) in [6, 6.07) is 0.232. The fourth-order valence-corrected chi connectivity index (χ4v) is 5.23. The summed E-state index contributed by atoms with van der Waals surface area (Å²) in [7, 11) is 0. The van der Waals surface area contributed by atoms with Gasteiger partial charge in [-0.25, -0.2) is 4.79 Å². The number of nitrogens with one attached hydrogen (secondary N) is 2. The molecule has 30 heavy (non-hydrogen) atoms. The molecule has 1 aromatic heterocycles. The number of imide groups is 1. The number of piperidine rings is 1. The number of amides is 3. The minimum absolute atomic E-state index is 0.183. The van der Waals surface area contributed by atoms with Gasteiger partial charge in [-0.15, -0.1) is 10.2 Å². The van der Waals surface area contributed by atoms with Crippen molar-refractivity contribution in [1.29, 1.82) is 0 Å². The first-order valence-corrected chi connectivity index (χ1v) is 12.4. The van der Waals surface area contributed by atoms with Crippen LogP contribution in [0.15, 0.2) is 5.16 Å². The average Bonchev–Trinajstić information content (AvgIpc) is 3.49. The standard InChI is InChI=1S/C21H34N6O2S/c1-14-10-12-26(13-11-14)20-24-25-21(27(20)17-8-9-17)30-15(2)18(28)23-19(29)22-16-6-4-3-5-7-16/h14-17H,3-13H2,1-2H3,(H2,22,23,28,29)/t15-/m1/s1. The molecule has 2 heterocycles. The number of aromatic nitrogens is 3. The third-order valence-electron chi connectivity index (χ3n) is 6.45. The van der Waals surface area contributed by atoms with Crippen molar-refractivity contribution in [2.75, 3.05) is 18.0 Å². The van der Waals surface area contributed by atoms with Crippen LogP contribution < -0.4 is 15.5 Å². The van der Waals surface area contributed by atoms with Gasteiger partial charge in [-0.3, -0.25) is 14.7 Å². The molecule has 3 aliphatic rings. The van der Waals surface area contributed by atoms with Gasteiger partial charge in [0.2, 0.25) is 11.9 Å². The molecule has 8 nitrogen and oxygen atoms in total. The first kappa shape index (κ1) is 21.5. The highest BCUT2D eigenvalue weighted by molar-refractivity contribution is 8.00. The highest BCUT2D eigenvalue weighted by atomic mass is 32.2. The molecule has 3 fully saturated rings. The molecule has 4 rings (SSSR count). The van der Waals surface area contributed by atoms with Crippen LogP contribution in [-0.2, 0) is 4.79 Å². The second kappa shape index (κ2) is 9.58. The van der Waals surface area contributed by atoms with Crippen LogP contribution in [0.25, 0.3) is 0 Å². The Morgan fingerprint density at radius 2 is 1.73 bits per heavy atom. The third-order valence-corrected chi connectivity index (χ3v) is 7.51. The Kier molecular flexibility index (Phi) is 6.85. The Morgan fingerprint density at radius 3 is 2.40 bits per heavy atom. The number of nitrogens with zero attached hydrogens (tertiary/aromatic N) is 4. The van der Waals surface area contributed by atoms with Crippen molar-refractivity contribution >= 4 is 29.6 Å². The maximum absolute atomic E-state index is 12.6. The van der Waals surface area contributed by atoms with Gasteiger partial charge in [0, 0.05) is 25.2 Å². The molecule has 2 saturated carbocycles. The fourth-order valence-electron chi connectivity index (χ4n) is 4.32. The number of carbonyl (C=O) groups is 2. The van der Waals surface area contributed by atoms with E-state index in [1.165, 1.54) is 31.0 Å². The first-order chi connectivity index (χ1) is 14.5. The topological polar surface area (TPSA) is 92.2 Å². The minimum Gasteiger partial charge on any atom is -0.341 e. The molecular formula is C21H34N6O2S. The Labute approximate surface area is 182 Å². The Hall–Kier alpha value is -1.77. The summed E-state index contributed by atoms with van der Waals surface area (Å²) in [5, 5.41) is 14.7. The van der Waals surface area contributed by atoms with Crippen LogP contribution in [-0.4, -0.2) is 51.1 Å². The van der Waals surface area contributed by atoms with Crippen LogP contribution in [0.1, 0.15) is 77.7 Å². The highest BCUT2D eigenvalue weighted by Gasteiger charge is 2.34. The summed E-state index contributed by atoms with van der Waals surface area (Å²) >= 11 is 1.39. The van der Waals surface area contributed by atoms with E-state index in [4.69, 9.17) is 0 Å². The third kappa shape index (κ3) is 5.28. The van der Waals surface area contributed by atoms with Gasteiger partial charge in [-0.1, -0.05) is 37.9 Å². The number of hydrogen-bond acceptors (Lipinski definition) is 6. The Morgan fingerprint density at radius 1 is 1.03 bits per heavy atom. The van der Waals surface area contributed by atoms with E-state index < -0.39 is 5.25 Å². The van der Waals surface area contributed by atoms with E-state index in [0.29, 0.717) is 6.04 Å². The maximum Gasteiger partial charge on any atom is 0.321 e. The van der Waals surface area contributed by atoms with Crippen LogP contribution in [0.5, 0.6) is 0 Å². The molecule has 1 aliphatic heterocycles. The van der Waals surface area contributed by atoms with Gasteiger partial charge in [0.25, 0.3) is 0 Å². The molecule has 0 aromatic carbocycles. The minimum atomic E-state index is -0.418. The molecule has 0 radical (unpaired) electrons. The van der Waals surface area contributed by atoms with Crippen molar-refractivity contribution in [2.45, 2.75) is 94.1 Å². The van der Waals surface area contributed by atoms with Crippen LogP contribution in [0.3, 0.4) is 0 Å². The van der Waals surface area contributed by atoms with Crippen molar-refractivity contribution in [3.8, 4) is 0 Å². The van der Waals surface area contributed by atoms with Gasteiger partial charge in [0.1, 0.15) is 0 Å². The second-order valence-electron chi connectivity index (χ2n) is 9.11. The lowest BCUT2D eigenvalue weighted by Crippen LogP contribution is -2.47. The average molecular weight is 435 g/mol. The summed E-state index contributed by atoms with van der Waals surface area (Å²) in [5.41, 5.74) is 0. The van der Waals surface area contributed by atoms with E-state index in [0.717, 1.165) is 68.6 Å². The normalized spacial score (nSPS) is 22.0. The zero-order chi connectivity index (χ0) is 21.1. The lowest BCUT2D eigenvalue weighted by Gasteiger charge is -2.31. The van der Waals surface area contributed by atoms with Crippen molar-refractivity contribution in [3.05, 3.63) is 0 Å². The Bertz CT molecular complexity index is 751. The van der Waals surface area contributed by atoms with Gasteiger partial charge >= 0.3 is 6.03 Å². The van der Waals surface area contributed by atoms with Crippen LogP contribution in [0.2, 0.25) is 0 Å². The number of urea groups is 1. The van der Waals surface area contributed by atoms with E-state index >= 15 is 0 Å². The van der Waals surface area contributed by atoms with Crippen molar-refractivity contribution in [2.24, 2.45) is 5.92 Å². The van der Waals surface area contributed by atoms with Crippen LogP contribution >= 0.6 is 11.8 Å². The molecule has 3 amide bonds. The van der Waals surface area contributed by atoms with E-state index in [9.17, 15) is 9.59 Å². The van der Waals surface area contributed by atoms with E-state index in [-0.39, 0.29) is 18.0 Å². The lowest BCUT2D eigenvalue weighted by atomic mass is 9.96. The van der Waals surface area contributed by atoms with Crippen LogP contribution in [0, 0.1) is 5.92 Å². The molecule has 0 unspecified atom stereocenters. The molecule has 1 atom stereocenters. The Balaban J connectivity index is 1.35. The van der Waals surface area contributed by atoms with Crippen LogP contribution in [0.4, 0.5) is 10.7 Å². The predicted octanol–water partition coefficient (Wildman–Crippen LogP) is 3.49. The number of anilines is 1. The number of rotatable bonds is 6. The summed E-state index contributed by atoms with van der Waals surface area (Å²) in [5.74, 6) is 1.41. The first-order valence-electron chi connectivity index (χ1n) is 11.5. The summed E-state index contributed by atoms with van der Waals surface area (Å²) in [4.78, 5) is 27.1. The van der Waals surface area contributed by atoms with Crippen molar-refractivity contribution < 1.29 is 9.59 Å². The zero-order valence-electron chi connectivity index (χ0n) is 18.1. The van der Waals surface area contributed by atoms with Crippen molar-refractivity contribution in [1.82, 2.24) is 25.4 Å². The lowest BCUT2D eigenvalue weighted by molar-refractivity contribution is -0.119. The SMILES string of the molecule is CC1CCN(c2nnc(S[C@H](C)C(=O)NC(=O)NC3CCCCC3)n2C2CC2)CC1. The molecule has 2 aliphatic carbocycles. The van der Waals surface area contributed by atoms with Gasteiger partial charge in [-0.05, 0) is 51.4 Å². The van der Waals surface area contributed by atoms with Gasteiger partial charge in [0.05, 0.1) is 5.25 Å². The molecule has 0 spiro atoms. The highest BCUT2D eigenvalue weighted by Crippen LogP contribution is 2.42. The van der Waals surface area contributed by atoms with E-state index in [1.807, 2.05) is 6.92 Å². The summed E-state index contributed by atoms with van der Waals surface area (Å²) in [6.45, 7) is 6.14. The molecule has 1 aromatic rings. The monoisotopic (exact) mass is 434 g/mol. The smallest absolute Gasteiger partial charge is 0.321 e. The predicted molar refractivity (Wildman–Crippen MR) is 118 cm³/mol. The summed E-state index contributed by atoms with van der Waals surface area (Å²) < 4.78 is 2.21. The van der Waals surface area contributed by atoms with Gasteiger partial charge < -0.3 is 10.2 Å². The van der Waals surface area contributed by atoms with E-state index in [2.05, 4.69) is 37.2 Å². The number of carbonyl (C=O) groups excluding carboxylic acids is 2.